The monoisotopic (exact) mass is 332 g/mol. The summed E-state index contributed by atoms with van der Waals surface area (Å²) in [5, 5.41) is 5.96. The first-order chi connectivity index (χ1) is 10.9. The summed E-state index contributed by atoms with van der Waals surface area (Å²) in [6, 6.07) is 5.07. The molecule has 0 aliphatic rings. The predicted octanol–water partition coefficient (Wildman–Crippen LogP) is 2.61. The molecule has 0 aromatic carbocycles. The summed E-state index contributed by atoms with van der Waals surface area (Å²) in [6.07, 6.45) is 1.72. The fourth-order valence-electron chi connectivity index (χ4n) is 2.12. The Morgan fingerprint density at radius 1 is 1.26 bits per heavy atom. The summed E-state index contributed by atoms with van der Waals surface area (Å²) in [5.41, 5.74) is 1.63. The van der Waals surface area contributed by atoms with E-state index < -0.39 is 6.04 Å². The molecule has 0 aliphatic carbocycles. The van der Waals surface area contributed by atoms with Gasteiger partial charge in [-0.2, -0.15) is 0 Å². The number of hydrogen-bond donors (Lipinski definition) is 2. The van der Waals surface area contributed by atoms with Crippen LogP contribution in [0.15, 0.2) is 24.4 Å². The van der Waals surface area contributed by atoms with Gasteiger partial charge in [0.25, 0.3) is 0 Å². The number of nitrogens with zero attached hydrogens (tertiary/aromatic N) is 2. The Morgan fingerprint density at radius 2 is 2.00 bits per heavy atom. The highest BCUT2D eigenvalue weighted by Gasteiger charge is 2.24. The first kappa shape index (κ1) is 17.1. The number of amides is 2. The van der Waals surface area contributed by atoms with Crippen molar-refractivity contribution in [1.82, 2.24) is 15.3 Å². The van der Waals surface area contributed by atoms with Crippen molar-refractivity contribution in [3.05, 3.63) is 30.1 Å². The van der Waals surface area contributed by atoms with Crippen LogP contribution in [-0.2, 0) is 9.59 Å². The fourth-order valence-corrected chi connectivity index (χ4v) is 3.07. The first-order valence-electron chi connectivity index (χ1n) is 7.35. The van der Waals surface area contributed by atoms with E-state index in [9.17, 15) is 9.59 Å². The second kappa shape index (κ2) is 7.32. The Balaban J connectivity index is 2.17. The summed E-state index contributed by atoms with van der Waals surface area (Å²) < 4.78 is 0. The predicted molar refractivity (Wildman–Crippen MR) is 91.2 cm³/mol. The summed E-state index contributed by atoms with van der Waals surface area (Å²) in [6.45, 7) is 7.04. The molecule has 2 heterocycles. The van der Waals surface area contributed by atoms with Crippen molar-refractivity contribution in [3.63, 3.8) is 0 Å². The van der Waals surface area contributed by atoms with Gasteiger partial charge in [-0.3, -0.25) is 14.6 Å². The van der Waals surface area contributed by atoms with Crippen molar-refractivity contribution >= 4 is 28.3 Å². The molecule has 6 nitrogen and oxygen atoms in total. The van der Waals surface area contributed by atoms with Crippen molar-refractivity contribution < 1.29 is 9.59 Å². The number of hydrogen-bond acceptors (Lipinski definition) is 5. The summed E-state index contributed by atoms with van der Waals surface area (Å²) >= 11 is 1.37. The van der Waals surface area contributed by atoms with Crippen LogP contribution in [0, 0.1) is 12.8 Å². The second-order valence-electron chi connectivity index (χ2n) is 5.56. The van der Waals surface area contributed by atoms with Gasteiger partial charge < -0.3 is 10.6 Å². The van der Waals surface area contributed by atoms with Crippen molar-refractivity contribution in [2.75, 3.05) is 5.32 Å². The molecule has 1 atom stereocenters. The number of carbonyl (C=O) groups is 2. The van der Waals surface area contributed by atoms with Gasteiger partial charge in [0.1, 0.15) is 6.04 Å². The minimum Gasteiger partial charge on any atom is -0.344 e. The molecule has 0 unspecified atom stereocenters. The van der Waals surface area contributed by atoms with E-state index in [4.69, 9.17) is 0 Å². The van der Waals surface area contributed by atoms with E-state index in [-0.39, 0.29) is 17.7 Å². The maximum Gasteiger partial charge on any atom is 0.248 e. The quantitative estimate of drug-likeness (QED) is 0.881. The highest BCUT2D eigenvalue weighted by Crippen LogP contribution is 2.31. The number of aryl methyl sites for hydroxylation is 1. The van der Waals surface area contributed by atoms with Crippen LogP contribution in [0.5, 0.6) is 0 Å². The molecule has 0 fully saturated rings. The summed E-state index contributed by atoms with van der Waals surface area (Å²) in [5.74, 6) is -0.518. The lowest BCUT2D eigenvalue weighted by Crippen LogP contribution is -2.46. The van der Waals surface area contributed by atoms with Gasteiger partial charge in [0.15, 0.2) is 5.13 Å². The normalized spacial score (nSPS) is 12.0. The molecule has 23 heavy (non-hydrogen) atoms. The Labute approximate surface area is 139 Å². The molecule has 2 N–H and O–H groups in total. The minimum absolute atomic E-state index is 0.0183. The largest absolute Gasteiger partial charge is 0.344 e. The molecule has 0 saturated carbocycles. The summed E-state index contributed by atoms with van der Waals surface area (Å²) in [7, 11) is 0. The fraction of sp³-hybridized carbons (Fsp3) is 0.375. The number of aromatic nitrogens is 2. The first-order valence-corrected chi connectivity index (χ1v) is 8.17. The SMILES string of the molecule is CC(=O)N[C@H](C(=O)Nc1nc(C)c(-c2ccccn2)s1)C(C)C. The smallest absolute Gasteiger partial charge is 0.248 e. The number of pyridine rings is 1. The van der Waals surface area contributed by atoms with Gasteiger partial charge >= 0.3 is 0 Å². The Kier molecular flexibility index (Phi) is 5.44. The van der Waals surface area contributed by atoms with Crippen molar-refractivity contribution in [2.24, 2.45) is 5.92 Å². The van der Waals surface area contributed by atoms with Crippen LogP contribution in [-0.4, -0.2) is 27.8 Å². The van der Waals surface area contributed by atoms with E-state index in [0.717, 1.165) is 16.3 Å². The van der Waals surface area contributed by atoms with Crippen LogP contribution in [0.4, 0.5) is 5.13 Å². The Morgan fingerprint density at radius 3 is 2.57 bits per heavy atom. The standard InChI is InChI=1S/C16H20N4O2S/c1-9(2)13(19-11(4)21)15(22)20-16-18-10(3)14(23-16)12-7-5-6-8-17-12/h5-9,13H,1-4H3,(H,19,21)(H,18,20,22)/t13-/m0/s1. The van der Waals surface area contributed by atoms with Crippen LogP contribution in [0.2, 0.25) is 0 Å². The van der Waals surface area contributed by atoms with Gasteiger partial charge in [0.05, 0.1) is 16.3 Å². The molecule has 0 aliphatic heterocycles. The van der Waals surface area contributed by atoms with Crippen molar-refractivity contribution in [2.45, 2.75) is 33.7 Å². The zero-order valence-electron chi connectivity index (χ0n) is 13.6. The Bertz CT molecular complexity index is 697. The van der Waals surface area contributed by atoms with Gasteiger partial charge in [0.2, 0.25) is 11.8 Å². The van der Waals surface area contributed by atoms with Gasteiger partial charge in [-0.1, -0.05) is 31.3 Å². The molecule has 2 aromatic heterocycles. The van der Waals surface area contributed by atoms with Crippen LogP contribution in [0.3, 0.4) is 0 Å². The lowest BCUT2D eigenvalue weighted by atomic mass is 10.0. The molecule has 2 aromatic rings. The van der Waals surface area contributed by atoms with Crippen LogP contribution >= 0.6 is 11.3 Å². The number of rotatable bonds is 5. The van der Waals surface area contributed by atoms with Crippen LogP contribution in [0.25, 0.3) is 10.6 Å². The number of thiazole rings is 1. The molecular formula is C16H20N4O2S. The third-order valence-electron chi connectivity index (χ3n) is 3.23. The van der Waals surface area contributed by atoms with Gasteiger partial charge in [-0.25, -0.2) is 4.98 Å². The number of carbonyl (C=O) groups excluding carboxylic acids is 2. The molecule has 0 saturated heterocycles. The number of anilines is 1. The van der Waals surface area contributed by atoms with Crippen molar-refractivity contribution in [3.8, 4) is 10.6 Å². The van der Waals surface area contributed by atoms with Gasteiger partial charge in [-0.05, 0) is 25.0 Å². The zero-order chi connectivity index (χ0) is 17.0. The molecule has 122 valence electrons. The lowest BCUT2D eigenvalue weighted by Gasteiger charge is -2.20. The van der Waals surface area contributed by atoms with E-state index in [1.807, 2.05) is 39.0 Å². The molecule has 0 spiro atoms. The topological polar surface area (TPSA) is 84.0 Å². The van der Waals surface area contributed by atoms with E-state index in [1.165, 1.54) is 18.3 Å². The average Bonchev–Trinajstić information content (AvgIpc) is 2.85. The minimum atomic E-state index is -0.588. The van der Waals surface area contributed by atoms with E-state index in [0.29, 0.717) is 5.13 Å². The van der Waals surface area contributed by atoms with Crippen LogP contribution in [0.1, 0.15) is 26.5 Å². The molecular weight excluding hydrogens is 312 g/mol. The third kappa shape index (κ3) is 4.35. The lowest BCUT2D eigenvalue weighted by molar-refractivity contribution is -0.126. The summed E-state index contributed by atoms with van der Waals surface area (Å²) in [4.78, 5) is 33.2. The average molecular weight is 332 g/mol. The molecule has 7 heteroatoms. The second-order valence-corrected chi connectivity index (χ2v) is 6.56. The van der Waals surface area contributed by atoms with Gasteiger partial charge in [-0.15, -0.1) is 0 Å². The van der Waals surface area contributed by atoms with Crippen LogP contribution < -0.4 is 10.6 Å². The van der Waals surface area contributed by atoms with Crippen molar-refractivity contribution in [1.29, 1.82) is 0 Å². The Hall–Kier alpha value is -2.28. The maximum atomic E-state index is 12.4. The van der Waals surface area contributed by atoms with E-state index in [2.05, 4.69) is 20.6 Å². The highest BCUT2D eigenvalue weighted by atomic mass is 32.1. The maximum absolute atomic E-state index is 12.4. The molecule has 2 rings (SSSR count). The number of nitrogens with one attached hydrogen (secondary N) is 2. The highest BCUT2D eigenvalue weighted by molar-refractivity contribution is 7.19. The molecule has 0 radical (unpaired) electrons. The molecule has 0 bridgehead atoms. The molecule has 2 amide bonds. The van der Waals surface area contributed by atoms with Gasteiger partial charge in [0, 0.05) is 13.1 Å². The van der Waals surface area contributed by atoms with E-state index in [1.54, 1.807) is 6.20 Å². The zero-order valence-corrected chi connectivity index (χ0v) is 14.4. The van der Waals surface area contributed by atoms with E-state index >= 15 is 0 Å². The third-order valence-corrected chi connectivity index (χ3v) is 4.33.